The van der Waals surface area contributed by atoms with Crippen molar-refractivity contribution in [2.24, 2.45) is 0 Å². The van der Waals surface area contributed by atoms with E-state index in [1.54, 1.807) is 0 Å². The van der Waals surface area contributed by atoms with Gasteiger partial charge in [0.25, 0.3) is 5.82 Å². The largest absolute Gasteiger partial charge is 0.370 e. The van der Waals surface area contributed by atoms with Crippen molar-refractivity contribution >= 4 is 23.1 Å². The molecular weight excluding hydrogens is 258 g/mol. The fourth-order valence-electron chi connectivity index (χ4n) is 2.67. The smallest absolute Gasteiger partial charge is 0.279 e. The van der Waals surface area contributed by atoms with Crippen LogP contribution >= 0.6 is 11.6 Å². The van der Waals surface area contributed by atoms with Gasteiger partial charge in [0.1, 0.15) is 6.54 Å². The molecule has 0 atom stereocenters. The molecule has 2 heterocycles. The van der Waals surface area contributed by atoms with Gasteiger partial charge < -0.3 is 4.90 Å². The third-order valence-electron chi connectivity index (χ3n) is 3.57. The standard InChI is InChI=1S/C15H16ClN3/c1-18-9-11-4-3-7-17-15(11)19(2)10-12-8-13(16)5-6-14(12)18/h3-8H,9-10H2,1-2H3/p+1. The Kier molecular flexibility index (Phi) is 3.07. The molecule has 1 aliphatic rings. The average Bonchev–Trinajstić information content (AvgIpc) is 2.38. The molecule has 1 aliphatic heterocycles. The molecule has 0 saturated carbocycles. The van der Waals surface area contributed by atoms with Crippen molar-refractivity contribution in [3.8, 4) is 0 Å². The van der Waals surface area contributed by atoms with E-state index in [4.69, 9.17) is 11.6 Å². The van der Waals surface area contributed by atoms with Crippen molar-refractivity contribution in [1.82, 2.24) is 0 Å². The molecule has 1 aromatic carbocycles. The molecule has 0 unspecified atom stereocenters. The molecule has 0 aliphatic carbocycles. The summed E-state index contributed by atoms with van der Waals surface area (Å²) < 4.78 is 0. The molecule has 1 N–H and O–H groups in total. The second-order valence-corrected chi connectivity index (χ2v) is 5.47. The van der Waals surface area contributed by atoms with Gasteiger partial charge in [0.15, 0.2) is 0 Å². The van der Waals surface area contributed by atoms with Crippen molar-refractivity contribution in [1.29, 1.82) is 0 Å². The average molecular weight is 275 g/mol. The first kappa shape index (κ1) is 12.3. The maximum absolute atomic E-state index is 6.12. The Bertz CT molecular complexity index is 612. The van der Waals surface area contributed by atoms with Gasteiger partial charge in [-0.15, -0.1) is 0 Å². The second kappa shape index (κ2) is 4.74. The van der Waals surface area contributed by atoms with Gasteiger partial charge in [-0.05, 0) is 30.3 Å². The third kappa shape index (κ3) is 2.26. The lowest BCUT2D eigenvalue weighted by atomic mass is 10.1. The first-order chi connectivity index (χ1) is 9.15. The normalized spacial score (nSPS) is 14.5. The molecule has 19 heavy (non-hydrogen) atoms. The van der Waals surface area contributed by atoms with Crippen LogP contribution in [0.1, 0.15) is 11.1 Å². The summed E-state index contributed by atoms with van der Waals surface area (Å²) >= 11 is 6.12. The number of pyridine rings is 1. The second-order valence-electron chi connectivity index (χ2n) is 5.03. The topological polar surface area (TPSA) is 20.6 Å². The SMILES string of the molecule is CN1Cc2ccc[nH+]c2N(C)Cc2cc(Cl)ccc21. The van der Waals surface area contributed by atoms with E-state index < -0.39 is 0 Å². The number of fused-ring (bicyclic) bond motifs is 2. The number of nitrogens with zero attached hydrogens (tertiary/aromatic N) is 2. The number of aromatic amines is 1. The highest BCUT2D eigenvalue weighted by Gasteiger charge is 2.23. The molecule has 1 aromatic heterocycles. The summed E-state index contributed by atoms with van der Waals surface area (Å²) in [4.78, 5) is 7.84. The van der Waals surface area contributed by atoms with Crippen LogP contribution in [0, 0.1) is 0 Å². The van der Waals surface area contributed by atoms with Crippen LogP contribution in [0.2, 0.25) is 5.02 Å². The molecule has 0 radical (unpaired) electrons. The highest BCUT2D eigenvalue weighted by Crippen LogP contribution is 2.30. The maximum atomic E-state index is 6.12. The van der Waals surface area contributed by atoms with E-state index in [0.29, 0.717) is 0 Å². The molecule has 98 valence electrons. The minimum absolute atomic E-state index is 0.790. The molecule has 3 rings (SSSR count). The molecule has 0 fully saturated rings. The van der Waals surface area contributed by atoms with Crippen molar-refractivity contribution < 1.29 is 4.98 Å². The zero-order valence-corrected chi connectivity index (χ0v) is 11.9. The summed E-state index contributed by atoms with van der Waals surface area (Å²) in [6.45, 7) is 1.72. The quantitative estimate of drug-likeness (QED) is 0.736. The number of halogens is 1. The molecule has 0 spiro atoms. The molecule has 4 heteroatoms. The Morgan fingerprint density at radius 2 is 1.84 bits per heavy atom. The zero-order valence-electron chi connectivity index (χ0n) is 11.2. The highest BCUT2D eigenvalue weighted by molar-refractivity contribution is 6.30. The Balaban J connectivity index is 2.09. The molecular formula is C15H17ClN3+. The molecule has 0 amide bonds. The number of hydrogen-bond donors (Lipinski definition) is 0. The van der Waals surface area contributed by atoms with Crippen LogP contribution in [0.25, 0.3) is 0 Å². The summed E-state index contributed by atoms with van der Waals surface area (Å²) in [6, 6.07) is 10.3. The van der Waals surface area contributed by atoms with Crippen LogP contribution in [0.15, 0.2) is 36.5 Å². The van der Waals surface area contributed by atoms with Crippen molar-refractivity contribution in [3.05, 3.63) is 52.7 Å². The fourth-order valence-corrected chi connectivity index (χ4v) is 2.87. The summed E-state index contributed by atoms with van der Waals surface area (Å²) in [5.41, 5.74) is 3.79. The van der Waals surface area contributed by atoms with Gasteiger partial charge in [-0.2, -0.15) is 0 Å². The summed E-state index contributed by atoms with van der Waals surface area (Å²) in [6.07, 6.45) is 1.97. The Labute approximate surface area is 118 Å². The van der Waals surface area contributed by atoms with Crippen LogP contribution in [0.3, 0.4) is 0 Å². The van der Waals surface area contributed by atoms with E-state index in [9.17, 15) is 0 Å². The van der Waals surface area contributed by atoms with Crippen molar-refractivity contribution in [3.63, 3.8) is 0 Å². The van der Waals surface area contributed by atoms with Crippen LogP contribution < -0.4 is 14.8 Å². The lowest BCUT2D eigenvalue weighted by Crippen LogP contribution is -2.31. The van der Waals surface area contributed by atoms with Gasteiger partial charge in [0.2, 0.25) is 0 Å². The van der Waals surface area contributed by atoms with Crippen LogP contribution in [-0.4, -0.2) is 14.1 Å². The number of anilines is 2. The monoisotopic (exact) mass is 274 g/mol. The van der Waals surface area contributed by atoms with Crippen molar-refractivity contribution in [2.75, 3.05) is 23.9 Å². The van der Waals surface area contributed by atoms with Gasteiger partial charge in [-0.25, -0.2) is 4.98 Å². The first-order valence-electron chi connectivity index (χ1n) is 6.35. The van der Waals surface area contributed by atoms with Gasteiger partial charge in [0, 0.05) is 23.3 Å². The third-order valence-corrected chi connectivity index (χ3v) is 3.80. The lowest BCUT2D eigenvalue weighted by molar-refractivity contribution is -0.364. The van der Waals surface area contributed by atoms with Gasteiger partial charge in [-0.1, -0.05) is 11.6 Å². The summed E-state index contributed by atoms with van der Waals surface area (Å²) in [5.74, 6) is 1.17. The van der Waals surface area contributed by atoms with Crippen LogP contribution in [0.5, 0.6) is 0 Å². The molecule has 3 nitrogen and oxygen atoms in total. The molecule has 0 bridgehead atoms. The molecule has 0 saturated heterocycles. The Hall–Kier alpha value is -1.74. The van der Waals surface area contributed by atoms with Gasteiger partial charge in [0.05, 0.1) is 25.4 Å². The number of nitrogens with one attached hydrogen (secondary N) is 1. The number of aromatic nitrogens is 1. The van der Waals surface area contributed by atoms with Gasteiger partial charge in [-0.3, -0.25) is 4.90 Å². The number of H-pyrrole nitrogens is 1. The summed E-state index contributed by atoms with van der Waals surface area (Å²) in [7, 11) is 4.22. The predicted octanol–water partition coefficient (Wildman–Crippen LogP) is 2.74. The highest BCUT2D eigenvalue weighted by atomic mass is 35.5. The van der Waals surface area contributed by atoms with Crippen LogP contribution in [0.4, 0.5) is 11.5 Å². The predicted molar refractivity (Wildman–Crippen MR) is 78.7 cm³/mol. The maximum Gasteiger partial charge on any atom is 0.279 e. The number of benzene rings is 1. The zero-order chi connectivity index (χ0) is 13.4. The van der Waals surface area contributed by atoms with Gasteiger partial charge >= 0.3 is 0 Å². The summed E-state index contributed by atoms with van der Waals surface area (Å²) in [5, 5.41) is 0.790. The Morgan fingerprint density at radius 3 is 2.68 bits per heavy atom. The van der Waals surface area contributed by atoms with Crippen LogP contribution in [-0.2, 0) is 13.1 Å². The van der Waals surface area contributed by atoms with E-state index >= 15 is 0 Å². The Morgan fingerprint density at radius 1 is 1.05 bits per heavy atom. The first-order valence-corrected chi connectivity index (χ1v) is 6.73. The van der Waals surface area contributed by atoms with E-state index in [2.05, 4.69) is 47.1 Å². The van der Waals surface area contributed by atoms with Crippen molar-refractivity contribution in [2.45, 2.75) is 13.1 Å². The van der Waals surface area contributed by atoms with E-state index in [0.717, 1.165) is 18.1 Å². The van der Waals surface area contributed by atoms with E-state index in [1.165, 1.54) is 22.6 Å². The molecule has 2 aromatic rings. The van der Waals surface area contributed by atoms with E-state index in [1.807, 2.05) is 18.3 Å². The van der Waals surface area contributed by atoms with E-state index in [-0.39, 0.29) is 0 Å². The minimum atomic E-state index is 0.790. The fraction of sp³-hybridized carbons (Fsp3) is 0.267. The number of rotatable bonds is 0. The number of hydrogen-bond acceptors (Lipinski definition) is 2. The lowest BCUT2D eigenvalue weighted by Gasteiger charge is -2.27. The minimum Gasteiger partial charge on any atom is -0.370 e.